The van der Waals surface area contributed by atoms with Gasteiger partial charge in [-0.2, -0.15) is 0 Å². The maximum atomic E-state index is 13.0. The fraction of sp³-hybridized carbons (Fsp3) is 0.619. The minimum atomic E-state index is -0.312. The average molecular weight is 388 g/mol. The molecule has 2 atom stereocenters. The standard InChI is InChI=1S/C21H29N3O2S/c1-21-11-10-19(25)24(21)18(15-27-21)20(26)22(2)14-16-6-8-17(9-7-16)23-12-4-3-5-13-23/h6-9,18H,3-5,10-15H2,1-2H3/t18-,21+/m0/s1. The first kappa shape index (κ1) is 18.7. The number of fused-ring (bicyclic) bond motifs is 1. The van der Waals surface area contributed by atoms with Gasteiger partial charge in [0.25, 0.3) is 0 Å². The smallest absolute Gasteiger partial charge is 0.246 e. The lowest BCUT2D eigenvalue weighted by Gasteiger charge is -2.32. The molecule has 0 aromatic heterocycles. The van der Waals surface area contributed by atoms with Gasteiger partial charge in [-0.1, -0.05) is 12.1 Å². The third-order valence-corrected chi connectivity index (χ3v) is 7.69. The van der Waals surface area contributed by atoms with E-state index < -0.39 is 0 Å². The van der Waals surface area contributed by atoms with Crippen LogP contribution < -0.4 is 4.90 Å². The van der Waals surface area contributed by atoms with E-state index in [0.29, 0.717) is 18.7 Å². The lowest BCUT2D eigenvalue weighted by molar-refractivity contribution is -0.143. The number of amides is 2. The Kier molecular flexibility index (Phi) is 5.10. The van der Waals surface area contributed by atoms with Gasteiger partial charge in [-0.15, -0.1) is 11.8 Å². The van der Waals surface area contributed by atoms with Gasteiger partial charge in [-0.05, 0) is 50.3 Å². The molecule has 2 amide bonds. The van der Waals surface area contributed by atoms with Crippen LogP contribution in [0.2, 0.25) is 0 Å². The van der Waals surface area contributed by atoms with E-state index in [1.54, 1.807) is 16.7 Å². The molecule has 4 rings (SSSR count). The Morgan fingerprint density at radius 3 is 2.63 bits per heavy atom. The topological polar surface area (TPSA) is 43.9 Å². The third-order valence-electron chi connectivity index (χ3n) is 6.18. The number of rotatable bonds is 4. The van der Waals surface area contributed by atoms with Gasteiger partial charge in [-0.25, -0.2) is 0 Å². The van der Waals surface area contributed by atoms with Crippen LogP contribution in [0, 0.1) is 0 Å². The van der Waals surface area contributed by atoms with E-state index in [-0.39, 0.29) is 22.7 Å². The lowest BCUT2D eigenvalue weighted by Crippen LogP contribution is -2.50. The second-order valence-electron chi connectivity index (χ2n) is 8.17. The molecule has 3 heterocycles. The molecule has 0 bridgehead atoms. The van der Waals surface area contributed by atoms with Crippen molar-refractivity contribution in [1.82, 2.24) is 9.80 Å². The maximum Gasteiger partial charge on any atom is 0.246 e. The molecular formula is C21H29N3O2S. The highest BCUT2D eigenvalue weighted by Gasteiger charge is 2.53. The van der Waals surface area contributed by atoms with Gasteiger partial charge < -0.3 is 14.7 Å². The molecule has 0 unspecified atom stereocenters. The van der Waals surface area contributed by atoms with Gasteiger partial charge in [0, 0.05) is 44.5 Å². The van der Waals surface area contributed by atoms with Crippen LogP contribution in [0.3, 0.4) is 0 Å². The van der Waals surface area contributed by atoms with Gasteiger partial charge in [-0.3, -0.25) is 9.59 Å². The van der Waals surface area contributed by atoms with Crippen molar-refractivity contribution in [2.24, 2.45) is 0 Å². The van der Waals surface area contributed by atoms with Crippen molar-refractivity contribution in [2.75, 3.05) is 30.8 Å². The maximum absolute atomic E-state index is 13.0. The van der Waals surface area contributed by atoms with Gasteiger partial charge in [0.2, 0.25) is 11.8 Å². The molecule has 0 saturated carbocycles. The van der Waals surface area contributed by atoms with E-state index >= 15 is 0 Å². The summed E-state index contributed by atoms with van der Waals surface area (Å²) >= 11 is 1.75. The zero-order chi connectivity index (χ0) is 19.0. The quantitative estimate of drug-likeness (QED) is 0.796. The highest BCUT2D eigenvalue weighted by molar-refractivity contribution is 8.01. The molecule has 1 aromatic rings. The van der Waals surface area contributed by atoms with Crippen LogP contribution in [-0.4, -0.2) is 58.4 Å². The molecule has 0 spiro atoms. The highest BCUT2D eigenvalue weighted by Crippen LogP contribution is 2.47. The van der Waals surface area contributed by atoms with Gasteiger partial charge in [0.15, 0.2) is 0 Å². The Morgan fingerprint density at radius 1 is 1.22 bits per heavy atom. The molecule has 0 aliphatic carbocycles. The van der Waals surface area contributed by atoms with E-state index in [9.17, 15) is 9.59 Å². The lowest BCUT2D eigenvalue weighted by atomic mass is 10.1. The molecule has 0 N–H and O–H groups in total. The van der Waals surface area contributed by atoms with Crippen molar-refractivity contribution < 1.29 is 9.59 Å². The van der Waals surface area contributed by atoms with Crippen molar-refractivity contribution >= 4 is 29.3 Å². The van der Waals surface area contributed by atoms with Crippen molar-refractivity contribution in [3.8, 4) is 0 Å². The Morgan fingerprint density at radius 2 is 1.93 bits per heavy atom. The number of nitrogens with zero attached hydrogens (tertiary/aromatic N) is 3. The first-order valence-electron chi connectivity index (χ1n) is 10.0. The van der Waals surface area contributed by atoms with Crippen LogP contribution in [0.15, 0.2) is 24.3 Å². The van der Waals surface area contributed by atoms with E-state index in [1.807, 2.05) is 11.9 Å². The van der Waals surface area contributed by atoms with E-state index in [4.69, 9.17) is 0 Å². The van der Waals surface area contributed by atoms with Crippen LogP contribution in [0.25, 0.3) is 0 Å². The Hall–Kier alpha value is -1.69. The molecule has 5 nitrogen and oxygen atoms in total. The summed E-state index contributed by atoms with van der Waals surface area (Å²) in [5.74, 6) is 0.890. The second-order valence-corrected chi connectivity index (χ2v) is 9.68. The molecule has 27 heavy (non-hydrogen) atoms. The summed E-state index contributed by atoms with van der Waals surface area (Å²) in [7, 11) is 1.85. The van der Waals surface area contributed by atoms with Crippen molar-refractivity contribution in [1.29, 1.82) is 0 Å². The molecule has 3 aliphatic rings. The van der Waals surface area contributed by atoms with Crippen LogP contribution >= 0.6 is 11.8 Å². The van der Waals surface area contributed by atoms with Gasteiger partial charge in [0.1, 0.15) is 6.04 Å². The number of hydrogen-bond acceptors (Lipinski definition) is 4. The predicted molar refractivity (Wildman–Crippen MR) is 110 cm³/mol. The van der Waals surface area contributed by atoms with Crippen molar-refractivity contribution in [2.45, 2.75) is 56.5 Å². The van der Waals surface area contributed by atoms with E-state index in [1.165, 1.54) is 24.9 Å². The number of carbonyl (C=O) groups is 2. The number of piperidine rings is 1. The summed E-state index contributed by atoms with van der Waals surface area (Å²) < 4.78 is 0. The summed E-state index contributed by atoms with van der Waals surface area (Å²) in [5.41, 5.74) is 2.41. The highest BCUT2D eigenvalue weighted by atomic mass is 32.2. The normalized spacial score (nSPS) is 27.8. The molecular weight excluding hydrogens is 358 g/mol. The monoisotopic (exact) mass is 387 g/mol. The summed E-state index contributed by atoms with van der Waals surface area (Å²) in [4.78, 5) is 31.2. The number of carbonyl (C=O) groups excluding carboxylic acids is 2. The molecule has 6 heteroatoms. The van der Waals surface area contributed by atoms with E-state index in [0.717, 1.165) is 25.1 Å². The third kappa shape index (κ3) is 3.56. The number of anilines is 1. The molecule has 3 fully saturated rings. The molecule has 0 radical (unpaired) electrons. The largest absolute Gasteiger partial charge is 0.372 e. The second kappa shape index (κ2) is 7.38. The van der Waals surface area contributed by atoms with Gasteiger partial charge in [0.05, 0.1) is 4.87 Å². The fourth-order valence-corrected chi connectivity index (χ4v) is 6.00. The number of thioether (sulfide) groups is 1. The van der Waals surface area contributed by atoms with Crippen LogP contribution in [-0.2, 0) is 16.1 Å². The van der Waals surface area contributed by atoms with Crippen LogP contribution in [0.1, 0.15) is 44.6 Å². The van der Waals surface area contributed by atoms with Crippen molar-refractivity contribution in [3.05, 3.63) is 29.8 Å². The van der Waals surface area contributed by atoms with Gasteiger partial charge >= 0.3 is 0 Å². The van der Waals surface area contributed by atoms with Crippen LogP contribution in [0.5, 0.6) is 0 Å². The first-order chi connectivity index (χ1) is 13.0. The Labute approximate surface area is 166 Å². The minimum absolute atomic E-state index is 0.0570. The summed E-state index contributed by atoms with van der Waals surface area (Å²) in [5, 5.41) is 0. The minimum Gasteiger partial charge on any atom is -0.372 e. The Bertz CT molecular complexity index is 717. The number of benzene rings is 1. The summed E-state index contributed by atoms with van der Waals surface area (Å²) in [6.45, 7) is 4.95. The molecule has 1 aromatic carbocycles. The SMILES string of the molecule is CN(Cc1ccc(N2CCCCC2)cc1)C(=O)[C@@H]1CS[C@]2(C)CCC(=O)N12. The average Bonchev–Trinajstić information content (AvgIpc) is 3.18. The zero-order valence-electron chi connectivity index (χ0n) is 16.3. The molecule has 146 valence electrons. The molecule has 3 saturated heterocycles. The summed E-state index contributed by atoms with van der Waals surface area (Å²) in [6.07, 6.45) is 5.29. The fourth-order valence-electron chi connectivity index (χ4n) is 4.57. The summed E-state index contributed by atoms with van der Waals surface area (Å²) in [6, 6.07) is 8.29. The van der Waals surface area contributed by atoms with E-state index in [2.05, 4.69) is 36.1 Å². The number of likely N-dealkylation sites (N-methyl/N-ethyl adjacent to an activating group) is 1. The predicted octanol–water partition coefficient (Wildman–Crippen LogP) is 3.09. The zero-order valence-corrected chi connectivity index (χ0v) is 17.1. The van der Waals surface area contributed by atoms with Crippen molar-refractivity contribution in [3.63, 3.8) is 0 Å². The first-order valence-corrected chi connectivity index (χ1v) is 11.0. The Balaban J connectivity index is 1.39. The molecule has 3 aliphatic heterocycles. The van der Waals surface area contributed by atoms with Crippen LogP contribution in [0.4, 0.5) is 5.69 Å². The number of hydrogen-bond donors (Lipinski definition) is 0.